The monoisotopic (exact) mass is 389 g/mol. The van der Waals surface area contributed by atoms with E-state index < -0.39 is 18.5 Å². The number of benzene rings is 1. The lowest BCUT2D eigenvalue weighted by Gasteiger charge is -2.21. The van der Waals surface area contributed by atoms with Crippen LogP contribution in [0.3, 0.4) is 0 Å². The van der Waals surface area contributed by atoms with Gasteiger partial charge in [0.15, 0.2) is 12.4 Å². The van der Waals surface area contributed by atoms with E-state index in [4.69, 9.17) is 26.1 Å². The van der Waals surface area contributed by atoms with Gasteiger partial charge < -0.3 is 14.2 Å². The largest absolute Gasteiger partial charge is 0.452 e. The zero-order valence-electron chi connectivity index (χ0n) is 15.4. The van der Waals surface area contributed by atoms with Crippen LogP contribution in [0.2, 0.25) is 5.02 Å². The maximum atomic E-state index is 12.6. The minimum atomic E-state index is -0.669. The van der Waals surface area contributed by atoms with Crippen LogP contribution in [-0.4, -0.2) is 30.2 Å². The van der Waals surface area contributed by atoms with Crippen molar-refractivity contribution in [3.8, 4) is 6.07 Å². The maximum Gasteiger partial charge on any atom is 0.344 e. The fourth-order valence-corrected chi connectivity index (χ4v) is 2.70. The summed E-state index contributed by atoms with van der Waals surface area (Å²) in [5.41, 5.74) is 1.18. The van der Waals surface area contributed by atoms with Gasteiger partial charge in [-0.25, -0.2) is 4.79 Å². The van der Waals surface area contributed by atoms with Crippen LogP contribution in [0.1, 0.15) is 48.0 Å². The number of rotatable bonds is 7. The van der Waals surface area contributed by atoms with Gasteiger partial charge in [0.2, 0.25) is 0 Å². The smallest absolute Gasteiger partial charge is 0.344 e. The van der Waals surface area contributed by atoms with E-state index >= 15 is 0 Å². The van der Waals surface area contributed by atoms with Crippen molar-refractivity contribution in [1.29, 1.82) is 5.26 Å². The predicted octanol–water partition coefficient (Wildman–Crippen LogP) is 3.86. The average Bonchev–Trinajstić information content (AvgIpc) is 3.02. The van der Waals surface area contributed by atoms with Gasteiger partial charge in [-0.2, -0.15) is 5.26 Å². The van der Waals surface area contributed by atoms with E-state index in [-0.39, 0.29) is 24.4 Å². The Morgan fingerprint density at radius 1 is 1.41 bits per heavy atom. The van der Waals surface area contributed by atoms with Crippen molar-refractivity contribution in [2.75, 3.05) is 18.1 Å². The van der Waals surface area contributed by atoms with Gasteiger partial charge in [0.05, 0.1) is 18.2 Å². The molecule has 0 aliphatic carbocycles. The Morgan fingerprint density at radius 3 is 2.78 bits per heavy atom. The molecule has 1 aromatic carbocycles. The number of carbonyl (C=O) groups excluding carboxylic acids is 2. The highest BCUT2D eigenvalue weighted by molar-refractivity contribution is 6.30. The van der Waals surface area contributed by atoms with Crippen molar-refractivity contribution in [3.05, 3.63) is 46.3 Å². The second-order valence-corrected chi connectivity index (χ2v) is 6.61. The number of ether oxygens (including phenoxy) is 1. The van der Waals surface area contributed by atoms with Gasteiger partial charge in [0, 0.05) is 23.2 Å². The molecule has 0 spiro atoms. The summed E-state index contributed by atoms with van der Waals surface area (Å²) in [6.07, 6.45) is 0.133. The first-order valence-electron chi connectivity index (χ1n) is 8.41. The molecule has 0 saturated carbocycles. The highest BCUT2D eigenvalue weighted by atomic mass is 35.5. The van der Waals surface area contributed by atoms with Crippen LogP contribution in [0.15, 0.2) is 28.8 Å². The molecule has 2 aromatic rings. The number of hydrogen-bond donors (Lipinski definition) is 0. The van der Waals surface area contributed by atoms with Crippen molar-refractivity contribution in [2.45, 2.75) is 33.1 Å². The van der Waals surface area contributed by atoms with E-state index in [9.17, 15) is 9.59 Å². The lowest BCUT2D eigenvalue weighted by Crippen LogP contribution is -2.35. The molecular formula is C19H20ClN3O4. The first-order valence-corrected chi connectivity index (χ1v) is 8.79. The van der Waals surface area contributed by atoms with Crippen molar-refractivity contribution >= 4 is 29.2 Å². The number of anilines is 1. The van der Waals surface area contributed by atoms with Crippen LogP contribution < -0.4 is 4.90 Å². The second kappa shape index (κ2) is 9.19. The third-order valence-electron chi connectivity index (χ3n) is 3.81. The van der Waals surface area contributed by atoms with Gasteiger partial charge >= 0.3 is 5.97 Å². The second-order valence-electron chi connectivity index (χ2n) is 6.17. The number of aromatic nitrogens is 1. The Hall–Kier alpha value is -2.85. The third-order valence-corrected chi connectivity index (χ3v) is 4.05. The molecule has 0 bridgehead atoms. The molecule has 0 unspecified atom stereocenters. The van der Waals surface area contributed by atoms with Crippen LogP contribution in [-0.2, 0) is 9.53 Å². The topological polar surface area (TPSA) is 96.4 Å². The van der Waals surface area contributed by atoms with Crippen molar-refractivity contribution in [1.82, 2.24) is 5.16 Å². The molecule has 0 fully saturated rings. The number of nitrogens with zero attached hydrogens (tertiary/aromatic N) is 3. The summed E-state index contributed by atoms with van der Waals surface area (Å²) in [5, 5.41) is 13.1. The number of hydrogen-bond acceptors (Lipinski definition) is 6. The Labute approximate surface area is 162 Å². The van der Waals surface area contributed by atoms with Crippen LogP contribution in [0, 0.1) is 18.3 Å². The Kier molecular flexibility index (Phi) is 6.97. The SMILES string of the molecule is Cc1noc(C(C)C)c1C(=O)OCC(=O)N(CCC#N)c1cccc(Cl)c1. The molecule has 1 amide bonds. The van der Waals surface area contributed by atoms with Crippen molar-refractivity contribution < 1.29 is 18.8 Å². The third kappa shape index (κ3) is 5.08. The van der Waals surface area contributed by atoms with E-state index in [1.165, 1.54) is 4.90 Å². The van der Waals surface area contributed by atoms with Crippen LogP contribution in [0.25, 0.3) is 0 Å². The molecule has 27 heavy (non-hydrogen) atoms. The molecule has 0 aliphatic heterocycles. The lowest BCUT2D eigenvalue weighted by atomic mass is 10.1. The molecule has 2 rings (SSSR count). The van der Waals surface area contributed by atoms with E-state index in [1.54, 1.807) is 31.2 Å². The first kappa shape index (κ1) is 20.5. The molecule has 1 aromatic heterocycles. The number of esters is 1. The summed E-state index contributed by atoms with van der Waals surface area (Å²) in [7, 11) is 0. The molecule has 1 heterocycles. The molecule has 142 valence electrons. The number of amides is 1. The van der Waals surface area contributed by atoms with E-state index in [0.717, 1.165) is 0 Å². The quantitative estimate of drug-likeness (QED) is 0.667. The van der Waals surface area contributed by atoms with Crippen molar-refractivity contribution in [3.63, 3.8) is 0 Å². The zero-order chi connectivity index (χ0) is 20.0. The zero-order valence-corrected chi connectivity index (χ0v) is 16.1. The normalized spacial score (nSPS) is 10.5. The summed E-state index contributed by atoms with van der Waals surface area (Å²) in [6, 6.07) is 8.69. The number of halogens is 1. The van der Waals surface area contributed by atoms with Gasteiger partial charge in [0.1, 0.15) is 5.56 Å². The highest BCUT2D eigenvalue weighted by Crippen LogP contribution is 2.23. The molecular weight excluding hydrogens is 370 g/mol. The molecule has 0 atom stereocenters. The Bertz CT molecular complexity index is 870. The maximum absolute atomic E-state index is 12.6. The minimum Gasteiger partial charge on any atom is -0.452 e. The van der Waals surface area contributed by atoms with Gasteiger partial charge in [-0.1, -0.05) is 36.7 Å². The Morgan fingerprint density at radius 2 is 2.15 bits per heavy atom. The summed E-state index contributed by atoms with van der Waals surface area (Å²) < 4.78 is 10.4. The number of carbonyl (C=O) groups is 2. The first-order chi connectivity index (χ1) is 12.8. The average molecular weight is 390 g/mol. The molecule has 8 heteroatoms. The van der Waals surface area contributed by atoms with Crippen LogP contribution in [0.5, 0.6) is 0 Å². The van der Waals surface area contributed by atoms with Crippen molar-refractivity contribution in [2.24, 2.45) is 0 Å². The molecule has 0 radical (unpaired) electrons. The highest BCUT2D eigenvalue weighted by Gasteiger charge is 2.25. The van der Waals surface area contributed by atoms with Gasteiger partial charge in [-0.05, 0) is 25.1 Å². The molecule has 0 saturated heterocycles. The van der Waals surface area contributed by atoms with Gasteiger partial charge in [-0.15, -0.1) is 0 Å². The van der Waals surface area contributed by atoms with Crippen LogP contribution in [0.4, 0.5) is 5.69 Å². The summed E-state index contributed by atoms with van der Waals surface area (Å²) in [4.78, 5) is 26.4. The Balaban J connectivity index is 2.13. The predicted molar refractivity (Wildman–Crippen MR) is 99.6 cm³/mol. The minimum absolute atomic E-state index is 0.0527. The van der Waals surface area contributed by atoms with E-state index in [2.05, 4.69) is 5.16 Å². The summed E-state index contributed by atoms with van der Waals surface area (Å²) in [6.45, 7) is 5.06. The standard InChI is InChI=1S/C19H20ClN3O4/c1-12(2)18-17(13(3)22-27-18)19(25)26-11-16(24)23(9-5-8-21)15-7-4-6-14(20)10-15/h4,6-7,10,12H,5,9,11H2,1-3H3. The number of aryl methyl sites for hydroxylation is 1. The van der Waals surface area contributed by atoms with E-state index in [0.29, 0.717) is 22.2 Å². The fraction of sp³-hybridized carbons (Fsp3) is 0.368. The number of nitriles is 1. The fourth-order valence-electron chi connectivity index (χ4n) is 2.51. The lowest BCUT2D eigenvalue weighted by molar-refractivity contribution is -0.121. The van der Waals surface area contributed by atoms with E-state index in [1.807, 2.05) is 19.9 Å². The van der Waals surface area contributed by atoms with Gasteiger partial charge in [-0.3, -0.25) is 4.79 Å². The summed E-state index contributed by atoms with van der Waals surface area (Å²) >= 11 is 5.98. The molecule has 0 aliphatic rings. The summed E-state index contributed by atoms with van der Waals surface area (Å²) in [5.74, 6) is -0.762. The van der Waals surface area contributed by atoms with Gasteiger partial charge in [0.25, 0.3) is 5.91 Å². The molecule has 7 nitrogen and oxygen atoms in total. The molecule has 0 N–H and O–H groups in total. The van der Waals surface area contributed by atoms with Crippen LogP contribution >= 0.6 is 11.6 Å².